The van der Waals surface area contributed by atoms with Crippen molar-refractivity contribution in [3.63, 3.8) is 0 Å². The summed E-state index contributed by atoms with van der Waals surface area (Å²) in [5.41, 5.74) is 2.76. The Kier molecular flexibility index (Phi) is 5.38. The van der Waals surface area contributed by atoms with Crippen molar-refractivity contribution < 1.29 is 14.3 Å². The molecule has 1 fully saturated rings. The summed E-state index contributed by atoms with van der Waals surface area (Å²) < 4.78 is 6.02. The van der Waals surface area contributed by atoms with Crippen molar-refractivity contribution in [3.8, 4) is 5.75 Å². The van der Waals surface area contributed by atoms with Gasteiger partial charge in [-0.15, -0.1) is 0 Å². The summed E-state index contributed by atoms with van der Waals surface area (Å²) in [4.78, 5) is 25.9. The van der Waals surface area contributed by atoms with Crippen LogP contribution in [0.25, 0.3) is 0 Å². The van der Waals surface area contributed by atoms with Crippen LogP contribution in [0.2, 0.25) is 0 Å². The average Bonchev–Trinajstić information content (AvgIpc) is 2.83. The fourth-order valence-electron chi connectivity index (χ4n) is 3.45. The Balaban J connectivity index is 1.67. The predicted octanol–water partition coefficient (Wildman–Crippen LogP) is 2.07. The number of nitrogens with zero attached hydrogens (tertiary/aromatic N) is 1. The third-order valence-electron chi connectivity index (χ3n) is 4.87. The van der Waals surface area contributed by atoms with Crippen LogP contribution in [-0.2, 0) is 22.4 Å². The molecule has 0 saturated carbocycles. The molecule has 24 heavy (non-hydrogen) atoms. The number of hydrogen-bond acceptors (Lipinski definition) is 3. The largest absolute Gasteiger partial charge is 0.481 e. The van der Waals surface area contributed by atoms with Crippen LogP contribution < -0.4 is 10.1 Å². The van der Waals surface area contributed by atoms with Crippen molar-refractivity contribution in [1.82, 2.24) is 10.2 Å². The van der Waals surface area contributed by atoms with Gasteiger partial charge in [-0.25, -0.2) is 0 Å². The molecule has 1 heterocycles. The fraction of sp³-hybridized carbons (Fsp3) is 0.579. The van der Waals surface area contributed by atoms with Crippen LogP contribution in [0.3, 0.4) is 0 Å². The van der Waals surface area contributed by atoms with E-state index in [0.29, 0.717) is 32.5 Å². The Morgan fingerprint density at radius 1 is 1.21 bits per heavy atom. The zero-order chi connectivity index (χ0) is 16.9. The van der Waals surface area contributed by atoms with Gasteiger partial charge in [-0.3, -0.25) is 9.59 Å². The number of carbonyl (C=O) groups excluding carboxylic acids is 2. The van der Waals surface area contributed by atoms with Crippen LogP contribution in [-0.4, -0.2) is 42.5 Å². The van der Waals surface area contributed by atoms with Crippen LogP contribution in [0.4, 0.5) is 0 Å². The molecule has 1 aliphatic carbocycles. The summed E-state index contributed by atoms with van der Waals surface area (Å²) in [6.07, 6.45) is 5.21. The van der Waals surface area contributed by atoms with E-state index < -0.39 is 6.10 Å². The van der Waals surface area contributed by atoms with Gasteiger partial charge >= 0.3 is 0 Å². The van der Waals surface area contributed by atoms with E-state index in [1.807, 2.05) is 13.0 Å². The maximum Gasteiger partial charge on any atom is 0.263 e. The molecule has 0 radical (unpaired) electrons. The summed E-state index contributed by atoms with van der Waals surface area (Å²) in [5, 5.41) is 2.80. The maximum absolute atomic E-state index is 12.7. The zero-order valence-corrected chi connectivity index (χ0v) is 14.3. The first-order chi connectivity index (χ1) is 11.7. The summed E-state index contributed by atoms with van der Waals surface area (Å²) in [7, 11) is 0. The Morgan fingerprint density at radius 3 is 2.79 bits per heavy atom. The highest BCUT2D eigenvalue weighted by molar-refractivity contribution is 5.83. The second-order valence-corrected chi connectivity index (χ2v) is 6.58. The van der Waals surface area contributed by atoms with Gasteiger partial charge < -0.3 is 15.0 Å². The molecule has 1 atom stereocenters. The van der Waals surface area contributed by atoms with E-state index in [1.165, 1.54) is 24.0 Å². The lowest BCUT2D eigenvalue weighted by Gasteiger charge is -2.26. The average molecular weight is 330 g/mol. The topological polar surface area (TPSA) is 58.6 Å². The standard InChI is InChI=1S/C19H26N2O3/c1-2-17(19(23)21-11-9-18(22)20-10-12-21)24-16-8-7-14-5-3-4-6-15(14)13-16/h7-8,13,17H,2-6,9-12H2,1H3,(H,20,22). The molecule has 0 spiro atoms. The molecule has 5 nitrogen and oxygen atoms in total. The first-order valence-electron chi connectivity index (χ1n) is 9.01. The zero-order valence-electron chi connectivity index (χ0n) is 14.3. The van der Waals surface area contributed by atoms with Crippen LogP contribution >= 0.6 is 0 Å². The molecule has 0 aromatic heterocycles. The van der Waals surface area contributed by atoms with Gasteiger partial charge in [-0.2, -0.15) is 0 Å². The molecular formula is C19H26N2O3. The third-order valence-corrected chi connectivity index (χ3v) is 4.87. The van der Waals surface area contributed by atoms with Crippen molar-refractivity contribution in [2.45, 2.75) is 51.6 Å². The van der Waals surface area contributed by atoms with Crippen molar-refractivity contribution in [3.05, 3.63) is 29.3 Å². The third kappa shape index (κ3) is 3.89. The van der Waals surface area contributed by atoms with Crippen molar-refractivity contribution in [2.75, 3.05) is 19.6 Å². The molecule has 1 unspecified atom stereocenters. The highest BCUT2D eigenvalue weighted by Crippen LogP contribution is 2.26. The molecule has 0 bridgehead atoms. The lowest BCUT2D eigenvalue weighted by atomic mass is 9.92. The van der Waals surface area contributed by atoms with Gasteiger partial charge in [0.05, 0.1) is 0 Å². The van der Waals surface area contributed by atoms with Gasteiger partial charge in [0.1, 0.15) is 5.75 Å². The molecule has 1 N–H and O–H groups in total. The first kappa shape index (κ1) is 16.8. The SMILES string of the molecule is CCC(Oc1ccc2c(c1)CCCC2)C(=O)N1CCNC(=O)CC1. The van der Waals surface area contributed by atoms with Gasteiger partial charge in [0, 0.05) is 26.1 Å². The lowest BCUT2D eigenvalue weighted by molar-refractivity contribution is -0.138. The number of carbonyl (C=O) groups is 2. The predicted molar refractivity (Wildman–Crippen MR) is 92.0 cm³/mol. The molecule has 1 aliphatic heterocycles. The van der Waals surface area contributed by atoms with Gasteiger partial charge in [-0.1, -0.05) is 13.0 Å². The molecule has 130 valence electrons. The van der Waals surface area contributed by atoms with Crippen molar-refractivity contribution in [2.24, 2.45) is 0 Å². The number of aryl methyl sites for hydroxylation is 2. The fourth-order valence-corrected chi connectivity index (χ4v) is 3.45. The smallest absolute Gasteiger partial charge is 0.263 e. The Bertz CT molecular complexity index is 615. The van der Waals surface area contributed by atoms with E-state index in [0.717, 1.165) is 18.6 Å². The van der Waals surface area contributed by atoms with E-state index in [4.69, 9.17) is 4.74 Å². The van der Waals surface area contributed by atoms with Crippen LogP contribution in [0, 0.1) is 0 Å². The quantitative estimate of drug-likeness (QED) is 0.919. The summed E-state index contributed by atoms with van der Waals surface area (Å²) >= 11 is 0. The molecule has 1 aromatic rings. The van der Waals surface area contributed by atoms with Crippen molar-refractivity contribution >= 4 is 11.8 Å². The number of amides is 2. The minimum absolute atomic E-state index is 0.00829. The highest BCUT2D eigenvalue weighted by Gasteiger charge is 2.26. The molecule has 1 saturated heterocycles. The molecule has 3 rings (SSSR count). The molecule has 2 aliphatic rings. The number of benzene rings is 1. The summed E-state index contributed by atoms with van der Waals surface area (Å²) in [6.45, 7) is 3.49. The summed E-state index contributed by atoms with van der Waals surface area (Å²) in [6, 6.07) is 6.21. The Labute approximate surface area is 143 Å². The van der Waals surface area contributed by atoms with E-state index in [-0.39, 0.29) is 11.8 Å². The van der Waals surface area contributed by atoms with Crippen molar-refractivity contribution in [1.29, 1.82) is 0 Å². The van der Waals surface area contributed by atoms with E-state index >= 15 is 0 Å². The second kappa shape index (κ2) is 7.69. The normalized spacial score (nSPS) is 19.0. The van der Waals surface area contributed by atoms with E-state index in [9.17, 15) is 9.59 Å². The highest BCUT2D eigenvalue weighted by atomic mass is 16.5. The Morgan fingerprint density at radius 2 is 2.00 bits per heavy atom. The Hall–Kier alpha value is -2.04. The van der Waals surface area contributed by atoms with E-state index in [2.05, 4.69) is 17.4 Å². The summed E-state index contributed by atoms with van der Waals surface area (Å²) in [5.74, 6) is 0.764. The van der Waals surface area contributed by atoms with Gasteiger partial charge in [-0.05, 0) is 55.4 Å². The molecular weight excluding hydrogens is 304 g/mol. The molecule has 1 aromatic carbocycles. The van der Waals surface area contributed by atoms with Crippen LogP contribution in [0.15, 0.2) is 18.2 Å². The van der Waals surface area contributed by atoms with Crippen LogP contribution in [0.5, 0.6) is 5.75 Å². The number of hydrogen-bond donors (Lipinski definition) is 1. The lowest BCUT2D eigenvalue weighted by Crippen LogP contribution is -2.43. The van der Waals surface area contributed by atoms with Gasteiger partial charge in [0.25, 0.3) is 5.91 Å². The minimum atomic E-state index is -0.486. The first-order valence-corrected chi connectivity index (χ1v) is 9.01. The number of nitrogens with one attached hydrogen (secondary N) is 1. The molecule has 5 heteroatoms. The number of fused-ring (bicyclic) bond motifs is 1. The van der Waals surface area contributed by atoms with Gasteiger partial charge in [0.15, 0.2) is 6.10 Å². The number of ether oxygens (including phenoxy) is 1. The monoisotopic (exact) mass is 330 g/mol. The number of rotatable bonds is 4. The van der Waals surface area contributed by atoms with Gasteiger partial charge in [0.2, 0.25) is 5.91 Å². The van der Waals surface area contributed by atoms with Crippen LogP contribution in [0.1, 0.15) is 43.7 Å². The van der Waals surface area contributed by atoms with E-state index in [1.54, 1.807) is 4.90 Å². The molecule has 2 amide bonds. The second-order valence-electron chi connectivity index (χ2n) is 6.58. The minimum Gasteiger partial charge on any atom is -0.481 e. The maximum atomic E-state index is 12.7.